The molecule has 6 heteroatoms. The average Bonchev–Trinajstić information content (AvgIpc) is 2.69. The third-order valence-corrected chi connectivity index (χ3v) is 5.48. The average molecular weight is 449 g/mol. The second-order valence-electron chi connectivity index (χ2n) is 7.23. The standard InChI is InChI=1S/C22H29BrN2O3/c1-25(2)10-5-11-28-21-14-17-15(12-20(21)27-4)8-9-24-22(17)18-13-16(23)6-7-19(18)26-3/h6-7,12-14,22,24H,5,8-11H2,1-4H3. The molecule has 1 N–H and O–H groups in total. The van der Waals surface area contributed by atoms with Gasteiger partial charge in [-0.3, -0.25) is 0 Å². The van der Waals surface area contributed by atoms with Crippen LogP contribution in [0, 0.1) is 0 Å². The van der Waals surface area contributed by atoms with E-state index in [1.54, 1.807) is 14.2 Å². The van der Waals surface area contributed by atoms with Gasteiger partial charge in [0.2, 0.25) is 0 Å². The van der Waals surface area contributed by atoms with Crippen molar-refractivity contribution in [1.29, 1.82) is 0 Å². The second-order valence-corrected chi connectivity index (χ2v) is 8.15. The van der Waals surface area contributed by atoms with E-state index in [0.717, 1.165) is 53.2 Å². The van der Waals surface area contributed by atoms with Gasteiger partial charge in [0.05, 0.1) is 26.9 Å². The van der Waals surface area contributed by atoms with Gasteiger partial charge in [0, 0.05) is 23.1 Å². The number of nitrogens with zero attached hydrogens (tertiary/aromatic N) is 1. The fraction of sp³-hybridized carbons (Fsp3) is 0.455. The first-order valence-electron chi connectivity index (χ1n) is 9.58. The minimum Gasteiger partial charge on any atom is -0.496 e. The van der Waals surface area contributed by atoms with Crippen molar-refractivity contribution in [2.24, 2.45) is 0 Å². The van der Waals surface area contributed by atoms with E-state index < -0.39 is 0 Å². The van der Waals surface area contributed by atoms with Crippen LogP contribution in [0.1, 0.15) is 29.2 Å². The van der Waals surface area contributed by atoms with Crippen molar-refractivity contribution < 1.29 is 14.2 Å². The summed E-state index contributed by atoms with van der Waals surface area (Å²) in [5, 5.41) is 3.64. The largest absolute Gasteiger partial charge is 0.496 e. The summed E-state index contributed by atoms with van der Waals surface area (Å²) >= 11 is 3.59. The SMILES string of the molecule is COc1cc2c(cc1OCCCN(C)C)C(c1cc(Br)ccc1OC)NCC2. The van der Waals surface area contributed by atoms with Gasteiger partial charge in [-0.1, -0.05) is 15.9 Å². The van der Waals surface area contributed by atoms with Gasteiger partial charge in [0.25, 0.3) is 0 Å². The minimum atomic E-state index is 0.0474. The number of fused-ring (bicyclic) bond motifs is 1. The van der Waals surface area contributed by atoms with Gasteiger partial charge in [-0.05, 0) is 68.4 Å². The Labute approximate surface area is 176 Å². The van der Waals surface area contributed by atoms with Crippen LogP contribution in [0.15, 0.2) is 34.8 Å². The lowest BCUT2D eigenvalue weighted by Gasteiger charge is -2.29. The third kappa shape index (κ3) is 4.80. The van der Waals surface area contributed by atoms with Gasteiger partial charge in [-0.15, -0.1) is 0 Å². The molecule has 1 aliphatic heterocycles. The summed E-state index contributed by atoms with van der Waals surface area (Å²) in [6.07, 6.45) is 1.92. The Bertz CT molecular complexity index is 811. The summed E-state index contributed by atoms with van der Waals surface area (Å²) in [4.78, 5) is 2.16. The van der Waals surface area contributed by atoms with E-state index in [1.807, 2.05) is 12.1 Å². The molecule has 0 aliphatic carbocycles. The monoisotopic (exact) mass is 448 g/mol. The van der Waals surface area contributed by atoms with Crippen molar-refractivity contribution in [1.82, 2.24) is 10.2 Å². The van der Waals surface area contributed by atoms with E-state index in [0.29, 0.717) is 6.61 Å². The quantitative estimate of drug-likeness (QED) is 0.617. The molecule has 0 spiro atoms. The van der Waals surface area contributed by atoms with Gasteiger partial charge < -0.3 is 24.4 Å². The second kappa shape index (κ2) is 9.63. The summed E-state index contributed by atoms with van der Waals surface area (Å²) in [6.45, 7) is 2.55. The summed E-state index contributed by atoms with van der Waals surface area (Å²) in [6, 6.07) is 10.4. The Balaban J connectivity index is 1.93. The molecule has 0 saturated carbocycles. The van der Waals surface area contributed by atoms with E-state index in [-0.39, 0.29) is 6.04 Å². The molecule has 1 atom stereocenters. The lowest BCUT2D eigenvalue weighted by atomic mass is 9.89. The van der Waals surface area contributed by atoms with Crippen LogP contribution in [0.5, 0.6) is 17.2 Å². The first kappa shape index (κ1) is 21.0. The molecule has 152 valence electrons. The number of nitrogens with one attached hydrogen (secondary N) is 1. The number of methoxy groups -OCH3 is 2. The topological polar surface area (TPSA) is 43.0 Å². The Kier molecular flexibility index (Phi) is 7.21. The summed E-state index contributed by atoms with van der Waals surface area (Å²) in [5.41, 5.74) is 3.61. The highest BCUT2D eigenvalue weighted by atomic mass is 79.9. The zero-order chi connectivity index (χ0) is 20.1. The highest BCUT2D eigenvalue weighted by Gasteiger charge is 2.26. The summed E-state index contributed by atoms with van der Waals surface area (Å²) in [5.74, 6) is 2.46. The van der Waals surface area contributed by atoms with Gasteiger partial charge in [-0.25, -0.2) is 0 Å². The molecule has 0 fully saturated rings. The van der Waals surface area contributed by atoms with E-state index in [1.165, 1.54) is 11.1 Å². The van der Waals surface area contributed by atoms with Crippen LogP contribution in [0.3, 0.4) is 0 Å². The maximum atomic E-state index is 6.09. The minimum absolute atomic E-state index is 0.0474. The molecule has 0 radical (unpaired) electrons. The number of halogens is 1. The van der Waals surface area contributed by atoms with Gasteiger partial charge in [-0.2, -0.15) is 0 Å². The molecule has 1 unspecified atom stereocenters. The molecule has 1 heterocycles. The molecule has 0 aromatic heterocycles. The Hall–Kier alpha value is -1.76. The van der Waals surface area contributed by atoms with E-state index in [9.17, 15) is 0 Å². The number of ether oxygens (including phenoxy) is 3. The maximum Gasteiger partial charge on any atom is 0.161 e. The predicted molar refractivity (Wildman–Crippen MR) is 116 cm³/mol. The molecule has 5 nitrogen and oxygen atoms in total. The maximum absolute atomic E-state index is 6.09. The molecule has 0 bridgehead atoms. The van der Waals surface area contributed by atoms with Crippen molar-refractivity contribution in [3.05, 3.63) is 51.5 Å². The van der Waals surface area contributed by atoms with Crippen molar-refractivity contribution in [3.63, 3.8) is 0 Å². The van der Waals surface area contributed by atoms with Crippen molar-refractivity contribution in [3.8, 4) is 17.2 Å². The summed E-state index contributed by atoms with van der Waals surface area (Å²) < 4.78 is 18.4. The van der Waals surface area contributed by atoms with E-state index >= 15 is 0 Å². The van der Waals surface area contributed by atoms with Crippen LogP contribution in [0.4, 0.5) is 0 Å². The van der Waals surface area contributed by atoms with Crippen LogP contribution < -0.4 is 19.5 Å². The Morgan fingerprint density at radius 3 is 2.54 bits per heavy atom. The third-order valence-electron chi connectivity index (χ3n) is 4.99. The Morgan fingerprint density at radius 1 is 1.04 bits per heavy atom. The molecule has 3 rings (SSSR count). The fourth-order valence-corrected chi connectivity index (χ4v) is 3.99. The molecule has 2 aromatic rings. The number of rotatable bonds is 8. The lowest BCUT2D eigenvalue weighted by molar-refractivity contribution is 0.267. The van der Waals surface area contributed by atoms with Crippen LogP contribution in [0.25, 0.3) is 0 Å². The predicted octanol–water partition coefficient (Wildman–Crippen LogP) is 4.03. The molecular formula is C22H29BrN2O3. The molecular weight excluding hydrogens is 420 g/mol. The first-order chi connectivity index (χ1) is 13.5. The first-order valence-corrected chi connectivity index (χ1v) is 10.4. The van der Waals surface area contributed by atoms with Crippen molar-refractivity contribution in [2.45, 2.75) is 18.9 Å². The van der Waals surface area contributed by atoms with Crippen molar-refractivity contribution >= 4 is 15.9 Å². The zero-order valence-electron chi connectivity index (χ0n) is 17.0. The van der Waals surface area contributed by atoms with Crippen molar-refractivity contribution in [2.75, 3.05) is 48.0 Å². The number of benzene rings is 2. The smallest absolute Gasteiger partial charge is 0.161 e. The van der Waals surface area contributed by atoms with Gasteiger partial charge in [0.15, 0.2) is 11.5 Å². The number of hydrogen-bond acceptors (Lipinski definition) is 5. The van der Waals surface area contributed by atoms with Gasteiger partial charge >= 0.3 is 0 Å². The Morgan fingerprint density at radius 2 is 1.82 bits per heavy atom. The lowest BCUT2D eigenvalue weighted by Crippen LogP contribution is -2.31. The van der Waals surface area contributed by atoms with Gasteiger partial charge in [0.1, 0.15) is 5.75 Å². The van der Waals surface area contributed by atoms with Crippen LogP contribution in [0.2, 0.25) is 0 Å². The van der Waals surface area contributed by atoms with E-state index in [2.05, 4.69) is 58.4 Å². The molecule has 28 heavy (non-hydrogen) atoms. The van der Waals surface area contributed by atoms with Crippen LogP contribution in [-0.4, -0.2) is 52.9 Å². The highest BCUT2D eigenvalue weighted by Crippen LogP contribution is 2.40. The normalized spacial score (nSPS) is 16.0. The molecule has 1 aliphatic rings. The number of hydrogen-bond donors (Lipinski definition) is 1. The van der Waals surface area contributed by atoms with E-state index in [4.69, 9.17) is 14.2 Å². The molecule has 2 aromatic carbocycles. The highest BCUT2D eigenvalue weighted by molar-refractivity contribution is 9.10. The fourth-order valence-electron chi connectivity index (χ4n) is 3.61. The van der Waals surface area contributed by atoms with Crippen LogP contribution in [-0.2, 0) is 6.42 Å². The zero-order valence-corrected chi connectivity index (χ0v) is 18.6. The molecule has 0 amide bonds. The summed E-state index contributed by atoms with van der Waals surface area (Å²) in [7, 11) is 7.55. The van der Waals surface area contributed by atoms with Crippen LogP contribution >= 0.6 is 15.9 Å². The molecule has 0 saturated heterocycles.